The summed E-state index contributed by atoms with van der Waals surface area (Å²) >= 11 is 0. The molecule has 7 heteroatoms. The average molecular weight is 277 g/mol. The Labute approximate surface area is 116 Å². The van der Waals surface area contributed by atoms with E-state index in [9.17, 15) is 14.9 Å². The highest BCUT2D eigenvalue weighted by molar-refractivity contribution is 5.71. The molecule has 1 N–H and O–H groups in total. The van der Waals surface area contributed by atoms with Crippen molar-refractivity contribution in [3.63, 3.8) is 0 Å². The van der Waals surface area contributed by atoms with E-state index in [2.05, 4.69) is 0 Å². The predicted octanol–water partition coefficient (Wildman–Crippen LogP) is 2.16. The summed E-state index contributed by atoms with van der Waals surface area (Å²) in [5.41, 5.74) is 0.431. The second-order valence-electron chi connectivity index (χ2n) is 4.31. The second-order valence-corrected chi connectivity index (χ2v) is 4.31. The zero-order valence-corrected chi connectivity index (χ0v) is 11.2. The number of carboxylic acid groups (broad SMARTS) is 1. The fourth-order valence-electron chi connectivity index (χ4n) is 2.06. The lowest BCUT2D eigenvalue weighted by atomic mass is 10.1. The summed E-state index contributed by atoms with van der Waals surface area (Å²) in [6.07, 6.45) is -0.137. The summed E-state index contributed by atoms with van der Waals surface area (Å²) in [4.78, 5) is 22.9. The predicted molar refractivity (Wildman–Crippen MR) is 72.5 cm³/mol. The molecular weight excluding hydrogens is 262 g/mol. The van der Waals surface area contributed by atoms with Gasteiger partial charge in [0.25, 0.3) is 5.69 Å². The third kappa shape index (κ3) is 3.45. The fourth-order valence-corrected chi connectivity index (χ4v) is 2.06. The van der Waals surface area contributed by atoms with E-state index in [-0.39, 0.29) is 17.8 Å². The van der Waals surface area contributed by atoms with Gasteiger partial charge in [0.2, 0.25) is 0 Å². The minimum absolute atomic E-state index is 0.136. The first-order valence-corrected chi connectivity index (χ1v) is 6.07. The van der Waals surface area contributed by atoms with Gasteiger partial charge in [0.15, 0.2) is 0 Å². The quantitative estimate of drug-likeness (QED) is 0.630. The van der Waals surface area contributed by atoms with E-state index in [1.165, 1.54) is 18.2 Å². The molecule has 1 aromatic rings. The van der Waals surface area contributed by atoms with Crippen molar-refractivity contribution in [3.8, 4) is 6.07 Å². The Bertz CT molecular complexity index is 565. The highest BCUT2D eigenvalue weighted by atomic mass is 16.6. The van der Waals surface area contributed by atoms with Gasteiger partial charge in [-0.25, -0.2) is 0 Å². The molecule has 7 nitrogen and oxygen atoms in total. The average Bonchev–Trinajstić information content (AvgIpc) is 2.38. The summed E-state index contributed by atoms with van der Waals surface area (Å²) in [5, 5.41) is 28.8. The minimum atomic E-state index is -0.977. The molecule has 0 heterocycles. The zero-order chi connectivity index (χ0) is 15.3. The van der Waals surface area contributed by atoms with Crippen LogP contribution in [0.25, 0.3) is 0 Å². The summed E-state index contributed by atoms with van der Waals surface area (Å²) in [6, 6.07) is 5.57. The third-order valence-electron chi connectivity index (χ3n) is 2.95. The van der Waals surface area contributed by atoms with E-state index >= 15 is 0 Å². The van der Waals surface area contributed by atoms with E-state index in [0.717, 1.165) is 0 Å². The van der Waals surface area contributed by atoms with Crippen LogP contribution in [0.4, 0.5) is 11.4 Å². The Hall–Kier alpha value is -2.62. The summed E-state index contributed by atoms with van der Waals surface area (Å²) in [5.74, 6) is -0.977. The number of carbonyl (C=O) groups is 1. The smallest absolute Gasteiger partial charge is 0.305 e. The van der Waals surface area contributed by atoms with Crippen LogP contribution in [-0.4, -0.2) is 28.6 Å². The minimum Gasteiger partial charge on any atom is -0.481 e. The highest BCUT2D eigenvalue weighted by Gasteiger charge is 2.24. The molecule has 0 spiro atoms. The van der Waals surface area contributed by atoms with Gasteiger partial charge in [-0.15, -0.1) is 0 Å². The Kier molecular flexibility index (Phi) is 5.03. The number of nitriles is 1. The maximum absolute atomic E-state index is 11.1. The molecule has 0 saturated heterocycles. The van der Waals surface area contributed by atoms with Crippen molar-refractivity contribution in [1.82, 2.24) is 0 Å². The molecule has 106 valence electrons. The molecule has 0 radical (unpaired) electrons. The van der Waals surface area contributed by atoms with E-state index < -0.39 is 16.9 Å². The molecule has 0 aromatic heterocycles. The van der Waals surface area contributed by atoms with Gasteiger partial charge in [-0.3, -0.25) is 14.9 Å². The normalized spacial score (nSPS) is 11.4. The Morgan fingerprint density at radius 2 is 2.25 bits per heavy atom. The lowest BCUT2D eigenvalue weighted by Gasteiger charge is -2.28. The molecule has 20 heavy (non-hydrogen) atoms. The standard InChI is InChI=1S/C13H15N3O4/c1-3-15(9(2)6-13(17)18)12-7-10(8-14)4-5-11(12)16(19)20/h4-5,7,9H,3,6H2,1-2H3,(H,17,18). The van der Waals surface area contributed by atoms with Crippen LogP contribution in [0.3, 0.4) is 0 Å². The van der Waals surface area contributed by atoms with Gasteiger partial charge in [-0.2, -0.15) is 5.26 Å². The lowest BCUT2D eigenvalue weighted by Crippen LogP contribution is -2.35. The maximum atomic E-state index is 11.1. The van der Waals surface area contributed by atoms with E-state index in [1.807, 2.05) is 6.07 Å². The van der Waals surface area contributed by atoms with E-state index in [4.69, 9.17) is 10.4 Å². The number of anilines is 1. The number of nitrogens with zero attached hydrogens (tertiary/aromatic N) is 3. The lowest BCUT2D eigenvalue weighted by molar-refractivity contribution is -0.384. The summed E-state index contributed by atoms with van der Waals surface area (Å²) in [6.45, 7) is 3.87. The van der Waals surface area contributed by atoms with Crippen molar-refractivity contribution in [2.45, 2.75) is 26.3 Å². The summed E-state index contributed by atoms with van der Waals surface area (Å²) < 4.78 is 0. The van der Waals surface area contributed by atoms with Gasteiger partial charge < -0.3 is 10.0 Å². The van der Waals surface area contributed by atoms with Gasteiger partial charge >= 0.3 is 5.97 Å². The molecule has 0 aliphatic heterocycles. The number of carboxylic acids is 1. The Morgan fingerprint density at radius 3 is 2.70 bits per heavy atom. The van der Waals surface area contributed by atoms with Crippen molar-refractivity contribution in [1.29, 1.82) is 5.26 Å². The molecule has 0 aliphatic carbocycles. The number of benzene rings is 1. The zero-order valence-electron chi connectivity index (χ0n) is 11.2. The van der Waals surface area contributed by atoms with Crippen LogP contribution in [0.1, 0.15) is 25.8 Å². The maximum Gasteiger partial charge on any atom is 0.305 e. The first-order chi connectivity index (χ1) is 9.40. The van der Waals surface area contributed by atoms with Crippen molar-refractivity contribution in [3.05, 3.63) is 33.9 Å². The highest BCUT2D eigenvalue weighted by Crippen LogP contribution is 2.31. The number of hydrogen-bond donors (Lipinski definition) is 1. The number of nitro groups is 1. The molecule has 0 saturated carbocycles. The van der Waals surface area contributed by atoms with E-state index in [1.54, 1.807) is 18.7 Å². The fraction of sp³-hybridized carbons (Fsp3) is 0.385. The van der Waals surface area contributed by atoms with Crippen molar-refractivity contribution < 1.29 is 14.8 Å². The van der Waals surface area contributed by atoms with Crippen molar-refractivity contribution >= 4 is 17.3 Å². The SMILES string of the molecule is CCN(c1cc(C#N)ccc1[N+](=O)[O-])C(C)CC(=O)O. The topological polar surface area (TPSA) is 107 Å². The van der Waals surface area contributed by atoms with Crippen LogP contribution in [0.2, 0.25) is 0 Å². The van der Waals surface area contributed by atoms with Gasteiger partial charge in [-0.05, 0) is 26.0 Å². The molecule has 1 atom stereocenters. The van der Waals surface area contributed by atoms with Crippen LogP contribution in [-0.2, 0) is 4.79 Å². The third-order valence-corrected chi connectivity index (χ3v) is 2.95. The van der Waals surface area contributed by atoms with Crippen molar-refractivity contribution in [2.24, 2.45) is 0 Å². The van der Waals surface area contributed by atoms with Crippen LogP contribution in [0.5, 0.6) is 0 Å². The molecule has 0 aliphatic rings. The van der Waals surface area contributed by atoms with Crippen molar-refractivity contribution in [2.75, 3.05) is 11.4 Å². The molecule has 1 rings (SSSR count). The molecule has 1 unspecified atom stereocenters. The van der Waals surface area contributed by atoms with Gasteiger partial charge in [-0.1, -0.05) is 0 Å². The van der Waals surface area contributed by atoms with E-state index in [0.29, 0.717) is 12.1 Å². The Morgan fingerprint density at radius 1 is 1.60 bits per heavy atom. The molecule has 1 aromatic carbocycles. The molecule has 0 amide bonds. The molecule has 0 bridgehead atoms. The molecular formula is C13H15N3O4. The monoisotopic (exact) mass is 277 g/mol. The summed E-state index contributed by atoms with van der Waals surface area (Å²) in [7, 11) is 0. The Balaban J connectivity index is 3.28. The van der Waals surface area contributed by atoms with Gasteiger partial charge in [0, 0.05) is 18.7 Å². The first kappa shape index (κ1) is 15.4. The largest absolute Gasteiger partial charge is 0.481 e. The second kappa shape index (κ2) is 6.52. The van der Waals surface area contributed by atoms with Crippen LogP contribution >= 0.6 is 0 Å². The molecule has 0 fully saturated rings. The van der Waals surface area contributed by atoms with Gasteiger partial charge in [0.05, 0.1) is 23.0 Å². The number of rotatable bonds is 6. The number of aliphatic carboxylic acids is 1. The number of nitro benzene ring substituents is 1. The van der Waals surface area contributed by atoms with Gasteiger partial charge in [0.1, 0.15) is 5.69 Å². The van der Waals surface area contributed by atoms with Crippen LogP contribution in [0, 0.1) is 21.4 Å². The number of hydrogen-bond acceptors (Lipinski definition) is 5. The first-order valence-electron chi connectivity index (χ1n) is 6.07. The van der Waals surface area contributed by atoms with Crippen LogP contribution in [0.15, 0.2) is 18.2 Å². The van der Waals surface area contributed by atoms with Crippen LogP contribution < -0.4 is 4.90 Å².